The molecule has 0 aromatic heterocycles. The number of carbonyl (C=O) groups excluding carboxylic acids is 2. The van der Waals surface area contributed by atoms with Crippen molar-refractivity contribution in [2.24, 2.45) is 0 Å². The summed E-state index contributed by atoms with van der Waals surface area (Å²) < 4.78 is 0. The molecule has 90 valence electrons. The summed E-state index contributed by atoms with van der Waals surface area (Å²) in [5, 5.41) is 5.68. The van der Waals surface area contributed by atoms with Crippen LogP contribution in [0.3, 0.4) is 0 Å². The second-order valence-electron chi connectivity index (χ2n) is 4.88. The fraction of sp³-hybridized carbons (Fsp3) is 0.833. The molecule has 1 saturated carbocycles. The van der Waals surface area contributed by atoms with E-state index in [1.807, 2.05) is 0 Å². The number of hydrogen-bond donors (Lipinski definition) is 2. The van der Waals surface area contributed by atoms with E-state index >= 15 is 0 Å². The van der Waals surface area contributed by atoms with Gasteiger partial charge in [0.1, 0.15) is 0 Å². The molecule has 4 nitrogen and oxygen atoms in total. The standard InChI is InChI=1S/C12H20N2O2/c15-11-8-10(12(16)14-11)13-9-6-4-2-1-3-5-7-9/h9-10,13H,1-8H2,(H,14,15,16). The van der Waals surface area contributed by atoms with Gasteiger partial charge in [0.15, 0.2) is 0 Å². The van der Waals surface area contributed by atoms with Gasteiger partial charge >= 0.3 is 0 Å². The van der Waals surface area contributed by atoms with Gasteiger partial charge < -0.3 is 5.32 Å². The molecule has 1 aliphatic carbocycles. The molecule has 0 bridgehead atoms. The van der Waals surface area contributed by atoms with Gasteiger partial charge in [-0.05, 0) is 12.8 Å². The van der Waals surface area contributed by atoms with E-state index in [1.54, 1.807) is 0 Å². The summed E-state index contributed by atoms with van der Waals surface area (Å²) in [6.45, 7) is 0. The van der Waals surface area contributed by atoms with Gasteiger partial charge in [0.25, 0.3) is 0 Å². The molecule has 1 saturated heterocycles. The minimum atomic E-state index is -0.281. The molecule has 1 atom stereocenters. The van der Waals surface area contributed by atoms with E-state index < -0.39 is 0 Å². The topological polar surface area (TPSA) is 58.2 Å². The Bertz CT molecular complexity index is 270. The first-order valence-electron chi connectivity index (χ1n) is 6.35. The van der Waals surface area contributed by atoms with Crippen molar-refractivity contribution in [2.45, 2.75) is 63.5 Å². The van der Waals surface area contributed by atoms with Crippen molar-refractivity contribution in [1.29, 1.82) is 0 Å². The summed E-state index contributed by atoms with van der Waals surface area (Å²) in [6.07, 6.45) is 9.00. The number of nitrogens with one attached hydrogen (secondary N) is 2. The molecule has 1 unspecified atom stereocenters. The summed E-state index contributed by atoms with van der Waals surface area (Å²) in [5.41, 5.74) is 0. The van der Waals surface area contributed by atoms with E-state index in [4.69, 9.17) is 0 Å². The lowest BCUT2D eigenvalue weighted by atomic mass is 9.96. The van der Waals surface area contributed by atoms with Crippen LogP contribution in [0.4, 0.5) is 0 Å². The van der Waals surface area contributed by atoms with Crippen LogP contribution in [0.1, 0.15) is 51.4 Å². The Morgan fingerprint density at radius 1 is 1.00 bits per heavy atom. The lowest BCUT2D eigenvalue weighted by molar-refractivity contribution is -0.125. The van der Waals surface area contributed by atoms with Gasteiger partial charge in [-0.15, -0.1) is 0 Å². The van der Waals surface area contributed by atoms with Crippen molar-refractivity contribution < 1.29 is 9.59 Å². The Morgan fingerprint density at radius 3 is 2.19 bits per heavy atom. The van der Waals surface area contributed by atoms with Crippen LogP contribution >= 0.6 is 0 Å². The fourth-order valence-electron chi connectivity index (χ4n) is 2.60. The van der Waals surface area contributed by atoms with Crippen LogP contribution < -0.4 is 10.6 Å². The smallest absolute Gasteiger partial charge is 0.244 e. The highest BCUT2D eigenvalue weighted by molar-refractivity contribution is 6.05. The maximum absolute atomic E-state index is 11.4. The van der Waals surface area contributed by atoms with Crippen LogP contribution in [0, 0.1) is 0 Å². The molecule has 2 N–H and O–H groups in total. The predicted octanol–water partition coefficient (Wildman–Crippen LogP) is 1.10. The van der Waals surface area contributed by atoms with Crippen molar-refractivity contribution in [3.8, 4) is 0 Å². The highest BCUT2D eigenvalue weighted by Crippen LogP contribution is 2.18. The van der Waals surface area contributed by atoms with Gasteiger partial charge in [-0.2, -0.15) is 0 Å². The number of rotatable bonds is 2. The van der Waals surface area contributed by atoms with Gasteiger partial charge in [-0.3, -0.25) is 14.9 Å². The van der Waals surface area contributed by atoms with Crippen molar-refractivity contribution in [1.82, 2.24) is 10.6 Å². The summed E-state index contributed by atoms with van der Waals surface area (Å²) >= 11 is 0. The molecule has 1 aliphatic heterocycles. The van der Waals surface area contributed by atoms with Gasteiger partial charge in [-0.25, -0.2) is 0 Å². The minimum absolute atomic E-state index is 0.145. The lowest BCUT2D eigenvalue weighted by Crippen LogP contribution is -2.43. The van der Waals surface area contributed by atoms with E-state index in [0.29, 0.717) is 12.5 Å². The number of imide groups is 1. The molecule has 2 fully saturated rings. The Hall–Kier alpha value is -0.900. The maximum Gasteiger partial charge on any atom is 0.244 e. The zero-order chi connectivity index (χ0) is 11.4. The summed E-state index contributed by atoms with van der Waals surface area (Å²) in [7, 11) is 0. The van der Waals surface area contributed by atoms with E-state index in [-0.39, 0.29) is 17.9 Å². The highest BCUT2D eigenvalue weighted by atomic mass is 16.2. The van der Waals surface area contributed by atoms with Crippen molar-refractivity contribution in [3.05, 3.63) is 0 Å². The fourth-order valence-corrected chi connectivity index (χ4v) is 2.60. The zero-order valence-corrected chi connectivity index (χ0v) is 9.63. The zero-order valence-electron chi connectivity index (χ0n) is 9.63. The monoisotopic (exact) mass is 224 g/mol. The Labute approximate surface area is 96.2 Å². The van der Waals surface area contributed by atoms with Crippen LogP contribution in [0.5, 0.6) is 0 Å². The average molecular weight is 224 g/mol. The third-order valence-corrected chi connectivity index (χ3v) is 3.51. The maximum atomic E-state index is 11.4. The first kappa shape index (κ1) is 11.6. The average Bonchev–Trinajstić information content (AvgIpc) is 2.49. The first-order valence-corrected chi connectivity index (χ1v) is 6.35. The largest absolute Gasteiger partial charge is 0.303 e. The van der Waals surface area contributed by atoms with Gasteiger partial charge in [0, 0.05) is 6.04 Å². The molecule has 2 rings (SSSR count). The second kappa shape index (κ2) is 5.43. The molecule has 2 aliphatic rings. The van der Waals surface area contributed by atoms with E-state index in [1.165, 1.54) is 32.1 Å². The SMILES string of the molecule is O=C1CC(NC2CCCCCCC2)C(=O)N1. The molecule has 1 heterocycles. The van der Waals surface area contributed by atoms with Crippen LogP contribution in [-0.2, 0) is 9.59 Å². The minimum Gasteiger partial charge on any atom is -0.303 e. The van der Waals surface area contributed by atoms with Gasteiger partial charge in [0.05, 0.1) is 12.5 Å². The molecule has 16 heavy (non-hydrogen) atoms. The van der Waals surface area contributed by atoms with E-state index in [0.717, 1.165) is 12.8 Å². The summed E-state index contributed by atoms with van der Waals surface area (Å²) in [4.78, 5) is 22.5. The van der Waals surface area contributed by atoms with Gasteiger partial charge in [-0.1, -0.05) is 32.1 Å². The Balaban J connectivity index is 1.82. The molecular formula is C12H20N2O2. The molecule has 0 aromatic rings. The number of amides is 2. The molecule has 2 amide bonds. The lowest BCUT2D eigenvalue weighted by Gasteiger charge is -2.23. The van der Waals surface area contributed by atoms with Gasteiger partial charge in [0.2, 0.25) is 11.8 Å². The molecule has 0 spiro atoms. The molecule has 4 heteroatoms. The molecule has 0 radical (unpaired) electrons. The third kappa shape index (κ3) is 3.04. The summed E-state index contributed by atoms with van der Waals surface area (Å²) in [5.74, 6) is -0.291. The van der Waals surface area contributed by atoms with Crippen molar-refractivity contribution >= 4 is 11.8 Å². The molecular weight excluding hydrogens is 204 g/mol. The Kier molecular flexibility index (Phi) is 3.93. The van der Waals surface area contributed by atoms with E-state index in [9.17, 15) is 9.59 Å². The van der Waals surface area contributed by atoms with E-state index in [2.05, 4.69) is 10.6 Å². The van der Waals surface area contributed by atoms with Crippen LogP contribution in [0.15, 0.2) is 0 Å². The predicted molar refractivity (Wildman–Crippen MR) is 60.8 cm³/mol. The molecule has 0 aromatic carbocycles. The normalized spacial score (nSPS) is 28.6. The number of carbonyl (C=O) groups is 2. The third-order valence-electron chi connectivity index (χ3n) is 3.51. The van der Waals surface area contributed by atoms with Crippen LogP contribution in [-0.4, -0.2) is 23.9 Å². The number of hydrogen-bond acceptors (Lipinski definition) is 3. The Morgan fingerprint density at radius 2 is 1.62 bits per heavy atom. The summed E-state index contributed by atoms with van der Waals surface area (Å²) in [6, 6.07) is 0.138. The van der Waals surface area contributed by atoms with Crippen LogP contribution in [0.25, 0.3) is 0 Å². The first-order chi connectivity index (χ1) is 7.75. The highest BCUT2D eigenvalue weighted by Gasteiger charge is 2.31. The van der Waals surface area contributed by atoms with Crippen LogP contribution in [0.2, 0.25) is 0 Å². The van der Waals surface area contributed by atoms with Crippen molar-refractivity contribution in [3.63, 3.8) is 0 Å². The van der Waals surface area contributed by atoms with Crippen molar-refractivity contribution in [2.75, 3.05) is 0 Å². The quantitative estimate of drug-likeness (QED) is 0.691. The second-order valence-corrected chi connectivity index (χ2v) is 4.88.